The van der Waals surface area contributed by atoms with Crippen molar-refractivity contribution in [2.45, 2.75) is 44.8 Å². The zero-order valence-corrected chi connectivity index (χ0v) is 20.4. The van der Waals surface area contributed by atoms with Crippen LogP contribution in [0.25, 0.3) is 16.7 Å². The average molecular weight is 481 g/mol. The summed E-state index contributed by atoms with van der Waals surface area (Å²) in [6, 6.07) is 16.0. The lowest BCUT2D eigenvalue weighted by molar-refractivity contribution is 0.0263. The standard InChI is InChI=1S/C28H28N6O2/c1-28(2,35)21-9-10-33(16-21)26-13-27(31-17-30-26)34-24-12-22(6-4-20(24)15-32-34)36-25-8-5-19-11-18(14-29)3-7-23(19)25/h3-4,6-7,11-13,15,17,21,25,35H,5,8-10,16H2,1-2H3/t21-,25?/m1/s1. The molecule has 3 heterocycles. The van der Waals surface area contributed by atoms with Gasteiger partial charge in [0.25, 0.3) is 0 Å². The minimum absolute atomic E-state index is 0.0360. The summed E-state index contributed by atoms with van der Waals surface area (Å²) in [5.74, 6) is 2.50. The molecule has 0 bridgehead atoms. The molecule has 182 valence electrons. The van der Waals surface area contributed by atoms with Crippen molar-refractivity contribution in [3.05, 3.63) is 71.7 Å². The van der Waals surface area contributed by atoms with Gasteiger partial charge in [0.05, 0.1) is 28.9 Å². The first-order chi connectivity index (χ1) is 17.4. The third kappa shape index (κ3) is 4.06. The second-order valence-electron chi connectivity index (χ2n) is 10.3. The van der Waals surface area contributed by atoms with Crippen LogP contribution in [0.3, 0.4) is 0 Å². The average Bonchev–Trinajstić information content (AvgIpc) is 3.62. The molecule has 4 aromatic rings. The van der Waals surface area contributed by atoms with Gasteiger partial charge in [-0.25, -0.2) is 14.6 Å². The fourth-order valence-electron chi connectivity index (χ4n) is 5.36. The fraction of sp³-hybridized carbons (Fsp3) is 0.357. The molecule has 0 saturated carbocycles. The second-order valence-corrected chi connectivity index (χ2v) is 10.3. The Kier molecular flexibility index (Phi) is 5.38. The summed E-state index contributed by atoms with van der Waals surface area (Å²) < 4.78 is 8.22. The summed E-state index contributed by atoms with van der Waals surface area (Å²) in [4.78, 5) is 11.2. The van der Waals surface area contributed by atoms with Gasteiger partial charge in [0.1, 0.15) is 24.0 Å². The van der Waals surface area contributed by atoms with Gasteiger partial charge in [0, 0.05) is 36.5 Å². The smallest absolute Gasteiger partial charge is 0.159 e. The van der Waals surface area contributed by atoms with E-state index in [9.17, 15) is 10.4 Å². The molecule has 0 radical (unpaired) electrons. The maximum Gasteiger partial charge on any atom is 0.159 e. The predicted molar refractivity (Wildman–Crippen MR) is 136 cm³/mol. The van der Waals surface area contributed by atoms with Crippen LogP contribution in [0.1, 0.15) is 49.5 Å². The third-order valence-electron chi connectivity index (χ3n) is 7.48. The van der Waals surface area contributed by atoms with E-state index in [1.54, 1.807) is 6.33 Å². The molecule has 0 amide bonds. The van der Waals surface area contributed by atoms with Crippen LogP contribution < -0.4 is 9.64 Å². The molecule has 2 aliphatic rings. The molecule has 2 aromatic carbocycles. The van der Waals surface area contributed by atoms with Crippen molar-refractivity contribution in [2.24, 2.45) is 5.92 Å². The number of aryl methyl sites for hydroxylation is 1. The Hall–Kier alpha value is -3.96. The van der Waals surface area contributed by atoms with Crippen molar-refractivity contribution >= 4 is 16.7 Å². The molecule has 2 aromatic heterocycles. The van der Waals surface area contributed by atoms with Gasteiger partial charge in [-0.2, -0.15) is 10.4 Å². The van der Waals surface area contributed by atoms with Gasteiger partial charge >= 0.3 is 0 Å². The highest BCUT2D eigenvalue weighted by atomic mass is 16.5. The molecule has 8 heteroatoms. The van der Waals surface area contributed by atoms with Crippen LogP contribution >= 0.6 is 0 Å². The zero-order valence-electron chi connectivity index (χ0n) is 20.4. The van der Waals surface area contributed by atoms with E-state index < -0.39 is 5.60 Å². The molecular formula is C28H28N6O2. The first kappa shape index (κ1) is 22.5. The largest absolute Gasteiger partial charge is 0.486 e. The van der Waals surface area contributed by atoms with Crippen LogP contribution in [0.2, 0.25) is 0 Å². The summed E-state index contributed by atoms with van der Waals surface area (Å²) in [7, 11) is 0. The molecule has 1 N–H and O–H groups in total. The van der Waals surface area contributed by atoms with Crippen molar-refractivity contribution in [2.75, 3.05) is 18.0 Å². The number of anilines is 1. The van der Waals surface area contributed by atoms with E-state index in [0.717, 1.165) is 60.4 Å². The normalized spacial score (nSPS) is 19.4. The number of benzene rings is 2. The first-order valence-electron chi connectivity index (χ1n) is 12.4. The van der Waals surface area contributed by atoms with E-state index in [1.807, 2.05) is 67.2 Å². The maximum atomic E-state index is 10.4. The van der Waals surface area contributed by atoms with E-state index >= 15 is 0 Å². The summed E-state index contributed by atoms with van der Waals surface area (Å²) in [5.41, 5.74) is 3.22. The number of hydrogen-bond donors (Lipinski definition) is 1. The molecule has 0 spiro atoms. The van der Waals surface area contributed by atoms with Crippen molar-refractivity contribution in [1.82, 2.24) is 19.7 Å². The van der Waals surface area contributed by atoms with Crippen molar-refractivity contribution in [3.8, 4) is 17.6 Å². The Morgan fingerprint density at radius 1 is 1.08 bits per heavy atom. The van der Waals surface area contributed by atoms with Crippen LogP contribution in [-0.2, 0) is 6.42 Å². The number of fused-ring (bicyclic) bond motifs is 2. The lowest BCUT2D eigenvalue weighted by Crippen LogP contribution is -2.33. The van der Waals surface area contributed by atoms with Crippen LogP contribution in [-0.4, -0.2) is 43.5 Å². The van der Waals surface area contributed by atoms with Gasteiger partial charge in [0.15, 0.2) is 5.82 Å². The number of hydrogen-bond acceptors (Lipinski definition) is 7. The van der Waals surface area contributed by atoms with Gasteiger partial charge in [-0.3, -0.25) is 0 Å². The topological polar surface area (TPSA) is 100 Å². The summed E-state index contributed by atoms with van der Waals surface area (Å²) >= 11 is 0. The molecule has 1 aliphatic carbocycles. The van der Waals surface area contributed by atoms with E-state index in [2.05, 4.69) is 26.0 Å². The Balaban J connectivity index is 1.27. The molecule has 1 fully saturated rings. The van der Waals surface area contributed by atoms with E-state index in [1.165, 1.54) is 5.56 Å². The van der Waals surface area contributed by atoms with Gasteiger partial charge in [-0.15, -0.1) is 0 Å². The minimum atomic E-state index is -0.711. The van der Waals surface area contributed by atoms with Gasteiger partial charge in [-0.05, 0) is 68.5 Å². The van der Waals surface area contributed by atoms with E-state index in [0.29, 0.717) is 11.4 Å². The molecule has 1 aliphatic heterocycles. The van der Waals surface area contributed by atoms with Crippen LogP contribution in [0.15, 0.2) is 55.0 Å². The molecule has 36 heavy (non-hydrogen) atoms. The Labute approximate surface area is 209 Å². The number of aliphatic hydroxyl groups is 1. The van der Waals surface area contributed by atoms with E-state index in [4.69, 9.17) is 4.74 Å². The molecule has 6 rings (SSSR count). The first-order valence-corrected chi connectivity index (χ1v) is 12.4. The minimum Gasteiger partial charge on any atom is -0.486 e. The third-order valence-corrected chi connectivity index (χ3v) is 7.48. The van der Waals surface area contributed by atoms with Gasteiger partial charge < -0.3 is 14.7 Å². The Morgan fingerprint density at radius 3 is 2.75 bits per heavy atom. The molecule has 8 nitrogen and oxygen atoms in total. The number of nitrogens with zero attached hydrogens (tertiary/aromatic N) is 6. The summed E-state index contributed by atoms with van der Waals surface area (Å²) in [6.07, 6.45) is 6.08. The Morgan fingerprint density at radius 2 is 1.94 bits per heavy atom. The number of rotatable bonds is 5. The van der Waals surface area contributed by atoms with Gasteiger partial charge in [-0.1, -0.05) is 6.07 Å². The number of nitriles is 1. The summed E-state index contributed by atoms with van der Waals surface area (Å²) in [5, 5.41) is 25.2. The zero-order chi connectivity index (χ0) is 24.9. The Bertz CT molecular complexity index is 1480. The number of ether oxygens (including phenoxy) is 1. The highest BCUT2D eigenvalue weighted by Gasteiger charge is 2.34. The maximum absolute atomic E-state index is 10.4. The SMILES string of the molecule is CC(C)(O)[C@@H]1CCN(c2cc(-n3ncc4ccc(OC5CCc6cc(C#N)ccc65)cc43)ncn2)C1. The molecular weight excluding hydrogens is 452 g/mol. The van der Waals surface area contributed by atoms with Crippen LogP contribution in [0, 0.1) is 17.2 Å². The predicted octanol–water partition coefficient (Wildman–Crippen LogP) is 4.35. The monoisotopic (exact) mass is 480 g/mol. The lowest BCUT2D eigenvalue weighted by atomic mass is 9.90. The second kappa shape index (κ2) is 8.61. The van der Waals surface area contributed by atoms with Crippen molar-refractivity contribution in [1.29, 1.82) is 5.26 Å². The molecule has 1 saturated heterocycles. The van der Waals surface area contributed by atoms with Gasteiger partial charge in [0.2, 0.25) is 0 Å². The molecule has 2 atom stereocenters. The highest BCUT2D eigenvalue weighted by Crippen LogP contribution is 2.36. The van der Waals surface area contributed by atoms with Crippen LogP contribution in [0.4, 0.5) is 5.82 Å². The quantitative estimate of drug-likeness (QED) is 0.453. The fourth-order valence-corrected chi connectivity index (χ4v) is 5.36. The molecule has 1 unspecified atom stereocenters. The number of aromatic nitrogens is 4. The summed E-state index contributed by atoms with van der Waals surface area (Å²) in [6.45, 7) is 5.35. The van der Waals surface area contributed by atoms with Crippen molar-refractivity contribution in [3.63, 3.8) is 0 Å². The van der Waals surface area contributed by atoms with Crippen LogP contribution in [0.5, 0.6) is 5.75 Å². The van der Waals surface area contributed by atoms with E-state index in [-0.39, 0.29) is 12.0 Å². The van der Waals surface area contributed by atoms with Crippen molar-refractivity contribution < 1.29 is 9.84 Å². The highest BCUT2D eigenvalue weighted by molar-refractivity contribution is 5.81. The lowest BCUT2D eigenvalue weighted by Gasteiger charge is -2.25.